The Bertz CT molecular complexity index is 67.4. The van der Waals surface area contributed by atoms with Crippen LogP contribution in [0.5, 0.6) is 0 Å². The third kappa shape index (κ3) is 6.94. The second-order valence-corrected chi connectivity index (χ2v) is 3.29. The maximum Gasteiger partial charge on any atom is 0.0240 e. The van der Waals surface area contributed by atoms with Gasteiger partial charge in [0.25, 0.3) is 0 Å². The first kappa shape index (κ1) is 13.4. The fourth-order valence-electron chi connectivity index (χ4n) is 0.557. The Balaban J connectivity index is 0. The summed E-state index contributed by atoms with van der Waals surface area (Å²) in [6.07, 6.45) is 1.67. The SMILES string of the molecule is CC(N)(CCCl)CCCl.Cl. The molecule has 0 atom stereocenters. The minimum absolute atomic E-state index is 0. The van der Waals surface area contributed by atoms with E-state index in [1.165, 1.54) is 0 Å². The highest BCUT2D eigenvalue weighted by molar-refractivity contribution is 6.18. The van der Waals surface area contributed by atoms with Gasteiger partial charge in [0.2, 0.25) is 0 Å². The molecular formula is C6H14Cl3N. The van der Waals surface area contributed by atoms with E-state index in [0.717, 1.165) is 12.8 Å². The summed E-state index contributed by atoms with van der Waals surface area (Å²) >= 11 is 11.0. The Morgan fingerprint density at radius 1 is 1.20 bits per heavy atom. The van der Waals surface area contributed by atoms with Crippen molar-refractivity contribution in [2.45, 2.75) is 25.3 Å². The van der Waals surface area contributed by atoms with Crippen molar-refractivity contribution in [2.75, 3.05) is 11.8 Å². The standard InChI is InChI=1S/C6H13Cl2N.ClH/c1-6(9,2-4-7)3-5-8;/h2-5,9H2,1H3;1H. The smallest absolute Gasteiger partial charge is 0.0240 e. The minimum atomic E-state index is -0.163. The van der Waals surface area contributed by atoms with Gasteiger partial charge in [0, 0.05) is 17.3 Å². The summed E-state index contributed by atoms with van der Waals surface area (Å²) < 4.78 is 0. The lowest BCUT2D eigenvalue weighted by atomic mass is 9.97. The molecule has 0 aliphatic heterocycles. The monoisotopic (exact) mass is 205 g/mol. The fraction of sp³-hybridized carbons (Fsp3) is 1.00. The Kier molecular flexibility index (Phi) is 8.77. The molecule has 0 amide bonds. The molecule has 2 N–H and O–H groups in total. The molecule has 0 heterocycles. The Hall–Kier alpha value is 0.830. The van der Waals surface area contributed by atoms with E-state index >= 15 is 0 Å². The summed E-state index contributed by atoms with van der Waals surface area (Å²) in [5.41, 5.74) is 5.61. The molecule has 0 rings (SSSR count). The molecule has 64 valence electrons. The van der Waals surface area contributed by atoms with Crippen molar-refractivity contribution in [3.05, 3.63) is 0 Å². The summed E-state index contributed by atoms with van der Waals surface area (Å²) in [6, 6.07) is 0. The molecule has 1 nitrogen and oxygen atoms in total. The summed E-state index contributed by atoms with van der Waals surface area (Å²) in [7, 11) is 0. The van der Waals surface area contributed by atoms with Crippen molar-refractivity contribution >= 4 is 35.6 Å². The van der Waals surface area contributed by atoms with Crippen molar-refractivity contribution in [1.82, 2.24) is 0 Å². The molecule has 0 unspecified atom stereocenters. The maximum atomic E-state index is 5.77. The van der Waals surface area contributed by atoms with E-state index < -0.39 is 0 Å². The van der Waals surface area contributed by atoms with Crippen molar-refractivity contribution in [3.8, 4) is 0 Å². The van der Waals surface area contributed by atoms with Crippen LogP contribution in [0.25, 0.3) is 0 Å². The number of hydrogen-bond donors (Lipinski definition) is 1. The van der Waals surface area contributed by atoms with Gasteiger partial charge >= 0.3 is 0 Å². The number of hydrogen-bond acceptors (Lipinski definition) is 1. The zero-order valence-corrected chi connectivity index (χ0v) is 8.40. The third-order valence-corrected chi connectivity index (χ3v) is 1.71. The second kappa shape index (κ2) is 6.53. The predicted octanol–water partition coefficient (Wildman–Crippen LogP) is 2.38. The highest BCUT2D eigenvalue weighted by atomic mass is 35.5. The zero-order chi connectivity index (χ0) is 7.33. The van der Waals surface area contributed by atoms with Gasteiger partial charge in [-0.25, -0.2) is 0 Å². The molecule has 0 saturated heterocycles. The first-order chi connectivity index (χ1) is 4.12. The van der Waals surface area contributed by atoms with Gasteiger partial charge in [0.05, 0.1) is 0 Å². The van der Waals surface area contributed by atoms with Gasteiger partial charge in [-0.3, -0.25) is 0 Å². The summed E-state index contributed by atoms with van der Waals surface area (Å²) in [4.78, 5) is 0. The molecular weight excluding hydrogens is 192 g/mol. The first-order valence-electron chi connectivity index (χ1n) is 3.03. The van der Waals surface area contributed by atoms with Crippen LogP contribution >= 0.6 is 35.6 Å². The van der Waals surface area contributed by atoms with Crippen LogP contribution in [0.1, 0.15) is 19.8 Å². The average Bonchev–Trinajstić information content (AvgIpc) is 1.64. The van der Waals surface area contributed by atoms with Gasteiger partial charge in [-0.1, -0.05) is 0 Å². The van der Waals surface area contributed by atoms with Crippen LogP contribution in [0.3, 0.4) is 0 Å². The topological polar surface area (TPSA) is 26.0 Å². The van der Waals surface area contributed by atoms with Crippen molar-refractivity contribution < 1.29 is 0 Å². The fourth-order valence-corrected chi connectivity index (χ4v) is 1.42. The Morgan fingerprint density at radius 2 is 1.50 bits per heavy atom. The molecule has 0 aliphatic rings. The predicted molar refractivity (Wildman–Crippen MR) is 50.5 cm³/mol. The van der Waals surface area contributed by atoms with Crippen molar-refractivity contribution in [2.24, 2.45) is 5.73 Å². The molecule has 0 bridgehead atoms. The van der Waals surface area contributed by atoms with E-state index in [-0.39, 0.29) is 17.9 Å². The maximum absolute atomic E-state index is 5.77. The summed E-state index contributed by atoms with van der Waals surface area (Å²) in [5, 5.41) is 0. The molecule has 0 aromatic rings. The van der Waals surface area contributed by atoms with E-state index in [0.29, 0.717) is 11.8 Å². The summed E-state index contributed by atoms with van der Waals surface area (Å²) in [6.45, 7) is 1.97. The van der Waals surface area contributed by atoms with E-state index in [4.69, 9.17) is 28.9 Å². The van der Waals surface area contributed by atoms with E-state index in [2.05, 4.69) is 0 Å². The molecule has 10 heavy (non-hydrogen) atoms. The van der Waals surface area contributed by atoms with Crippen LogP contribution in [0, 0.1) is 0 Å². The molecule has 0 fully saturated rings. The summed E-state index contributed by atoms with van der Waals surface area (Å²) in [5.74, 6) is 1.23. The number of rotatable bonds is 4. The van der Waals surface area contributed by atoms with Gasteiger partial charge in [0.15, 0.2) is 0 Å². The highest BCUT2D eigenvalue weighted by Gasteiger charge is 2.15. The molecule has 0 spiro atoms. The molecule has 0 saturated carbocycles. The zero-order valence-electron chi connectivity index (χ0n) is 6.07. The highest BCUT2D eigenvalue weighted by Crippen LogP contribution is 2.11. The molecule has 0 aromatic carbocycles. The van der Waals surface area contributed by atoms with Crippen LogP contribution in [0.2, 0.25) is 0 Å². The van der Waals surface area contributed by atoms with Gasteiger partial charge in [-0.15, -0.1) is 35.6 Å². The largest absolute Gasteiger partial charge is 0.325 e. The molecule has 0 radical (unpaired) electrons. The van der Waals surface area contributed by atoms with E-state index in [1.807, 2.05) is 6.92 Å². The lowest BCUT2D eigenvalue weighted by Gasteiger charge is -2.21. The molecule has 0 aromatic heterocycles. The van der Waals surface area contributed by atoms with Crippen LogP contribution in [-0.4, -0.2) is 17.3 Å². The normalized spacial score (nSPS) is 10.8. The van der Waals surface area contributed by atoms with Crippen LogP contribution in [0.4, 0.5) is 0 Å². The number of nitrogens with two attached hydrogens (primary N) is 1. The van der Waals surface area contributed by atoms with Crippen LogP contribution < -0.4 is 5.73 Å². The van der Waals surface area contributed by atoms with Crippen molar-refractivity contribution in [1.29, 1.82) is 0 Å². The van der Waals surface area contributed by atoms with Crippen molar-refractivity contribution in [3.63, 3.8) is 0 Å². The van der Waals surface area contributed by atoms with Crippen LogP contribution in [0.15, 0.2) is 0 Å². The Morgan fingerprint density at radius 3 is 1.70 bits per heavy atom. The van der Waals surface area contributed by atoms with Gasteiger partial charge in [0.1, 0.15) is 0 Å². The van der Waals surface area contributed by atoms with E-state index in [1.54, 1.807) is 0 Å². The molecule has 0 aliphatic carbocycles. The van der Waals surface area contributed by atoms with Gasteiger partial charge < -0.3 is 5.73 Å². The Labute approximate surface area is 78.7 Å². The molecule has 4 heteroatoms. The van der Waals surface area contributed by atoms with E-state index in [9.17, 15) is 0 Å². The third-order valence-electron chi connectivity index (χ3n) is 1.33. The average molecular weight is 207 g/mol. The van der Waals surface area contributed by atoms with Gasteiger partial charge in [-0.05, 0) is 19.8 Å². The van der Waals surface area contributed by atoms with Gasteiger partial charge in [-0.2, -0.15) is 0 Å². The minimum Gasteiger partial charge on any atom is -0.325 e. The second-order valence-electron chi connectivity index (χ2n) is 2.53. The quantitative estimate of drug-likeness (QED) is 0.703. The number of alkyl halides is 2. The number of halogens is 3. The lowest BCUT2D eigenvalue weighted by Crippen LogP contribution is -2.36. The lowest BCUT2D eigenvalue weighted by molar-refractivity contribution is 0.442. The van der Waals surface area contributed by atoms with Crippen LogP contribution in [-0.2, 0) is 0 Å². The first-order valence-corrected chi connectivity index (χ1v) is 4.10.